The summed E-state index contributed by atoms with van der Waals surface area (Å²) in [5, 5.41) is 0. The normalized spacial score (nSPS) is 10.4. The van der Waals surface area contributed by atoms with Crippen molar-refractivity contribution in [3.63, 3.8) is 0 Å². The second-order valence-corrected chi connectivity index (χ2v) is 7.19. The average molecular weight is 476 g/mol. The third-order valence-electron chi connectivity index (χ3n) is 3.71. The van der Waals surface area contributed by atoms with Gasteiger partial charge in [0, 0.05) is 0 Å². The van der Waals surface area contributed by atoms with Crippen LogP contribution in [-0.4, -0.2) is 12.6 Å². The van der Waals surface area contributed by atoms with Crippen LogP contribution in [-0.2, 0) is 0 Å². The largest absolute Gasteiger partial charge is 0.493 e. The lowest BCUT2D eigenvalue weighted by atomic mass is 10.1. The van der Waals surface area contributed by atoms with Crippen molar-refractivity contribution in [2.45, 2.75) is 6.92 Å². The molecule has 0 heterocycles. The Morgan fingerprint density at radius 2 is 1.54 bits per heavy atom. The topological polar surface area (TPSA) is 35.5 Å². The van der Waals surface area contributed by atoms with Crippen LogP contribution in [0.3, 0.4) is 0 Å². The van der Waals surface area contributed by atoms with Crippen LogP contribution in [0.15, 0.2) is 75.7 Å². The van der Waals surface area contributed by atoms with Crippen molar-refractivity contribution in [2.24, 2.45) is 0 Å². The van der Waals surface area contributed by atoms with E-state index in [-0.39, 0.29) is 0 Å². The zero-order valence-electron chi connectivity index (χ0n) is 14.0. The van der Waals surface area contributed by atoms with Gasteiger partial charge >= 0.3 is 5.97 Å². The van der Waals surface area contributed by atoms with Crippen LogP contribution < -0.4 is 9.47 Å². The van der Waals surface area contributed by atoms with Crippen LogP contribution in [0.5, 0.6) is 11.5 Å². The minimum atomic E-state index is -0.429. The lowest BCUT2D eigenvalue weighted by Gasteiger charge is -2.10. The fourth-order valence-electron chi connectivity index (χ4n) is 2.45. The van der Waals surface area contributed by atoms with Gasteiger partial charge in [-0.1, -0.05) is 36.4 Å². The third kappa shape index (κ3) is 4.34. The Labute approximate surface area is 169 Å². The Bertz CT molecular complexity index is 924. The summed E-state index contributed by atoms with van der Waals surface area (Å²) in [6.45, 7) is 2.47. The van der Waals surface area contributed by atoms with Crippen molar-refractivity contribution >= 4 is 37.8 Å². The van der Waals surface area contributed by atoms with Gasteiger partial charge in [-0.05, 0) is 80.2 Å². The number of hydrogen-bond acceptors (Lipinski definition) is 3. The first-order chi connectivity index (χ1) is 12.6. The molecule has 0 saturated carbocycles. The number of hydrogen-bond donors (Lipinski definition) is 0. The van der Waals surface area contributed by atoms with E-state index in [1.807, 2.05) is 49.4 Å². The number of esters is 1. The van der Waals surface area contributed by atoms with Gasteiger partial charge in [0.1, 0.15) is 11.5 Å². The minimum Gasteiger partial charge on any atom is -0.493 e. The zero-order chi connectivity index (χ0) is 18.5. The van der Waals surface area contributed by atoms with Crippen molar-refractivity contribution in [1.82, 2.24) is 0 Å². The number of carbonyl (C=O) groups is 1. The van der Waals surface area contributed by atoms with Crippen molar-refractivity contribution in [3.8, 4) is 22.6 Å². The van der Waals surface area contributed by atoms with Gasteiger partial charge < -0.3 is 9.47 Å². The molecule has 26 heavy (non-hydrogen) atoms. The first kappa shape index (κ1) is 18.7. The number of halogens is 2. The summed E-state index contributed by atoms with van der Waals surface area (Å²) < 4.78 is 12.4. The fourth-order valence-corrected chi connectivity index (χ4v) is 3.41. The molecular weight excluding hydrogens is 460 g/mol. The Morgan fingerprint density at radius 1 is 0.846 bits per heavy atom. The number of carbonyl (C=O) groups excluding carboxylic acids is 1. The van der Waals surface area contributed by atoms with E-state index in [9.17, 15) is 4.79 Å². The predicted molar refractivity (Wildman–Crippen MR) is 110 cm³/mol. The molecule has 0 unspecified atom stereocenters. The van der Waals surface area contributed by atoms with E-state index in [1.54, 1.807) is 24.3 Å². The van der Waals surface area contributed by atoms with Gasteiger partial charge in [-0.15, -0.1) is 0 Å². The van der Waals surface area contributed by atoms with Crippen molar-refractivity contribution in [3.05, 3.63) is 81.2 Å². The molecule has 5 heteroatoms. The molecule has 132 valence electrons. The highest BCUT2D eigenvalue weighted by atomic mass is 79.9. The van der Waals surface area contributed by atoms with E-state index in [2.05, 4.69) is 31.9 Å². The Balaban J connectivity index is 1.78. The van der Waals surface area contributed by atoms with E-state index < -0.39 is 5.97 Å². The molecule has 0 aliphatic carbocycles. The molecule has 0 radical (unpaired) electrons. The summed E-state index contributed by atoms with van der Waals surface area (Å²) in [7, 11) is 0. The monoisotopic (exact) mass is 474 g/mol. The Hall–Kier alpha value is -2.11. The fraction of sp³-hybridized carbons (Fsp3) is 0.0952. The van der Waals surface area contributed by atoms with Gasteiger partial charge in [0.15, 0.2) is 0 Å². The second kappa shape index (κ2) is 8.52. The lowest BCUT2D eigenvalue weighted by Crippen LogP contribution is -2.09. The summed E-state index contributed by atoms with van der Waals surface area (Å²) in [5.74, 6) is 0.735. The van der Waals surface area contributed by atoms with Gasteiger partial charge in [0.2, 0.25) is 0 Å². The highest BCUT2D eigenvalue weighted by molar-refractivity contribution is 9.10. The highest BCUT2D eigenvalue weighted by Gasteiger charge is 2.14. The molecule has 0 fully saturated rings. The molecule has 3 aromatic carbocycles. The smallest absolute Gasteiger partial charge is 0.343 e. The summed E-state index contributed by atoms with van der Waals surface area (Å²) in [6, 6.07) is 20.8. The molecule has 0 amide bonds. The van der Waals surface area contributed by atoms with E-state index in [0.29, 0.717) is 28.1 Å². The van der Waals surface area contributed by atoms with E-state index >= 15 is 0 Å². The van der Waals surface area contributed by atoms with Crippen molar-refractivity contribution in [2.75, 3.05) is 6.61 Å². The summed E-state index contributed by atoms with van der Waals surface area (Å²) in [4.78, 5) is 12.4. The maximum atomic E-state index is 12.4. The molecule has 0 N–H and O–H groups in total. The van der Waals surface area contributed by atoms with Crippen LogP contribution in [0, 0.1) is 0 Å². The van der Waals surface area contributed by atoms with Crippen LogP contribution in [0.25, 0.3) is 11.1 Å². The summed E-state index contributed by atoms with van der Waals surface area (Å²) in [6.07, 6.45) is 0. The van der Waals surface area contributed by atoms with Gasteiger partial charge in [-0.25, -0.2) is 4.79 Å². The molecule has 3 nitrogen and oxygen atoms in total. The second-order valence-electron chi connectivity index (χ2n) is 5.48. The van der Waals surface area contributed by atoms with Gasteiger partial charge in [-0.2, -0.15) is 0 Å². The lowest BCUT2D eigenvalue weighted by molar-refractivity contribution is 0.0733. The quantitative estimate of drug-likeness (QED) is 0.312. The van der Waals surface area contributed by atoms with Crippen molar-refractivity contribution in [1.29, 1.82) is 0 Å². The van der Waals surface area contributed by atoms with Crippen LogP contribution in [0.4, 0.5) is 0 Å². The van der Waals surface area contributed by atoms with Crippen LogP contribution in [0.1, 0.15) is 17.3 Å². The third-order valence-corrected chi connectivity index (χ3v) is 4.95. The molecule has 0 aromatic heterocycles. The molecule has 0 bridgehead atoms. The first-order valence-corrected chi connectivity index (χ1v) is 9.66. The van der Waals surface area contributed by atoms with Gasteiger partial charge in [0.25, 0.3) is 0 Å². The van der Waals surface area contributed by atoms with Crippen LogP contribution >= 0.6 is 31.9 Å². The SMILES string of the molecule is CCOc1ccc(C(=O)Oc2ccc(-c3ccccc3)cc2Br)cc1Br. The van der Waals surface area contributed by atoms with Crippen molar-refractivity contribution < 1.29 is 14.3 Å². The number of ether oxygens (including phenoxy) is 2. The Kier molecular flexibility index (Phi) is 6.12. The highest BCUT2D eigenvalue weighted by Crippen LogP contribution is 2.32. The maximum Gasteiger partial charge on any atom is 0.343 e. The molecule has 3 rings (SSSR count). The van der Waals surface area contributed by atoms with Gasteiger partial charge in [0.05, 0.1) is 21.1 Å². The summed E-state index contributed by atoms with van der Waals surface area (Å²) >= 11 is 6.90. The Morgan fingerprint density at radius 3 is 2.19 bits per heavy atom. The average Bonchev–Trinajstić information content (AvgIpc) is 2.66. The summed E-state index contributed by atoms with van der Waals surface area (Å²) in [5.41, 5.74) is 2.59. The molecule has 0 spiro atoms. The maximum absolute atomic E-state index is 12.4. The van der Waals surface area contributed by atoms with Crippen LogP contribution in [0.2, 0.25) is 0 Å². The molecule has 0 aliphatic heterocycles. The van der Waals surface area contributed by atoms with Gasteiger partial charge in [-0.3, -0.25) is 0 Å². The standard InChI is InChI=1S/C21H16Br2O3/c1-2-25-19-10-9-16(13-17(19)22)21(24)26-20-11-8-15(12-18(20)23)14-6-4-3-5-7-14/h3-13H,2H2,1H3. The van der Waals surface area contributed by atoms with E-state index in [0.717, 1.165) is 15.6 Å². The first-order valence-electron chi connectivity index (χ1n) is 8.08. The molecule has 0 aliphatic rings. The van der Waals surface area contributed by atoms with E-state index in [1.165, 1.54) is 0 Å². The molecule has 0 atom stereocenters. The van der Waals surface area contributed by atoms with E-state index in [4.69, 9.17) is 9.47 Å². The molecular formula is C21H16Br2O3. The minimum absolute atomic E-state index is 0.429. The molecule has 3 aromatic rings. The molecule has 0 saturated heterocycles. The zero-order valence-corrected chi connectivity index (χ0v) is 17.2. The predicted octanol–water partition coefficient (Wildman–Crippen LogP) is 6.50. The number of rotatable bonds is 5. The number of benzene rings is 3.